The summed E-state index contributed by atoms with van der Waals surface area (Å²) in [5, 5.41) is 3.73. The lowest BCUT2D eigenvalue weighted by atomic mass is 9.87. The van der Waals surface area contributed by atoms with E-state index in [0.717, 1.165) is 29.8 Å². The van der Waals surface area contributed by atoms with Crippen LogP contribution in [0.15, 0.2) is 0 Å². The Balaban J connectivity index is 1.45. The lowest BCUT2D eigenvalue weighted by molar-refractivity contribution is 0.108. The second-order valence-electron chi connectivity index (χ2n) is 8.24. The molecule has 0 amide bonds. The molecular weight excluding hydrogens is 256 g/mol. The molecule has 3 atom stereocenters. The highest BCUT2D eigenvalue weighted by Crippen LogP contribution is 2.33. The number of nitrogens with one attached hydrogen (secondary N) is 1. The Labute approximate surface area is 132 Å². The molecule has 2 heterocycles. The molecule has 2 aliphatic heterocycles. The van der Waals surface area contributed by atoms with E-state index < -0.39 is 0 Å². The highest BCUT2D eigenvalue weighted by Gasteiger charge is 2.31. The second-order valence-corrected chi connectivity index (χ2v) is 8.24. The predicted molar refractivity (Wildman–Crippen MR) is 90.5 cm³/mol. The molecule has 3 aliphatic rings. The highest BCUT2D eigenvalue weighted by molar-refractivity contribution is 4.88. The maximum absolute atomic E-state index is 3.73. The van der Waals surface area contributed by atoms with Gasteiger partial charge in [0.1, 0.15) is 0 Å². The monoisotopic (exact) mass is 292 g/mol. The molecule has 2 heteroatoms. The molecule has 122 valence electrons. The SMILES string of the molecule is CC(C)C1CCCC(N2CCC(C3CCCN3)CC2)CC1. The van der Waals surface area contributed by atoms with Gasteiger partial charge in [-0.3, -0.25) is 0 Å². The summed E-state index contributed by atoms with van der Waals surface area (Å²) in [6.45, 7) is 8.86. The molecule has 21 heavy (non-hydrogen) atoms. The Hall–Kier alpha value is -0.0800. The molecule has 3 fully saturated rings. The van der Waals surface area contributed by atoms with Crippen molar-refractivity contribution in [3.8, 4) is 0 Å². The van der Waals surface area contributed by atoms with Gasteiger partial charge in [-0.05, 0) is 82.3 Å². The van der Waals surface area contributed by atoms with Crippen LogP contribution in [-0.2, 0) is 0 Å². The molecule has 1 aliphatic carbocycles. The van der Waals surface area contributed by atoms with Crippen molar-refractivity contribution in [3.05, 3.63) is 0 Å². The summed E-state index contributed by atoms with van der Waals surface area (Å²) < 4.78 is 0. The van der Waals surface area contributed by atoms with E-state index in [4.69, 9.17) is 0 Å². The summed E-state index contributed by atoms with van der Waals surface area (Å²) >= 11 is 0. The van der Waals surface area contributed by atoms with Gasteiger partial charge in [-0.1, -0.05) is 26.7 Å². The second kappa shape index (κ2) is 7.46. The minimum atomic E-state index is 0.853. The van der Waals surface area contributed by atoms with Crippen LogP contribution in [0.1, 0.15) is 71.6 Å². The molecule has 1 saturated carbocycles. The minimum Gasteiger partial charge on any atom is -0.314 e. The van der Waals surface area contributed by atoms with E-state index >= 15 is 0 Å². The van der Waals surface area contributed by atoms with Crippen molar-refractivity contribution in [3.63, 3.8) is 0 Å². The standard InChI is InChI=1S/C19H36N2/c1-15(2)16-5-3-6-18(9-8-16)21-13-10-17(11-14-21)19-7-4-12-20-19/h15-20H,3-14H2,1-2H3. The van der Waals surface area contributed by atoms with Crippen LogP contribution in [-0.4, -0.2) is 36.6 Å². The molecule has 2 nitrogen and oxygen atoms in total. The zero-order valence-electron chi connectivity index (χ0n) is 14.3. The molecular formula is C19H36N2. The van der Waals surface area contributed by atoms with Gasteiger partial charge in [-0.2, -0.15) is 0 Å². The van der Waals surface area contributed by atoms with Gasteiger partial charge in [-0.15, -0.1) is 0 Å². The third kappa shape index (κ3) is 4.01. The largest absolute Gasteiger partial charge is 0.314 e. The van der Waals surface area contributed by atoms with E-state index in [0.29, 0.717) is 0 Å². The van der Waals surface area contributed by atoms with Gasteiger partial charge in [0.25, 0.3) is 0 Å². The third-order valence-electron chi connectivity index (χ3n) is 6.68. The van der Waals surface area contributed by atoms with Crippen molar-refractivity contribution in [1.82, 2.24) is 10.2 Å². The average Bonchev–Trinajstić information content (AvgIpc) is 2.91. The van der Waals surface area contributed by atoms with Crippen LogP contribution in [0.3, 0.4) is 0 Å². The lowest BCUT2D eigenvalue weighted by Crippen LogP contribution is -2.45. The van der Waals surface area contributed by atoms with E-state index in [9.17, 15) is 0 Å². The number of likely N-dealkylation sites (tertiary alicyclic amines) is 1. The van der Waals surface area contributed by atoms with E-state index in [1.165, 1.54) is 77.4 Å². The molecule has 3 rings (SSSR count). The molecule has 0 radical (unpaired) electrons. The fraction of sp³-hybridized carbons (Fsp3) is 1.00. The zero-order valence-corrected chi connectivity index (χ0v) is 14.3. The van der Waals surface area contributed by atoms with Gasteiger partial charge in [0, 0.05) is 12.1 Å². The number of rotatable bonds is 3. The summed E-state index contributed by atoms with van der Waals surface area (Å²) in [5.74, 6) is 2.86. The van der Waals surface area contributed by atoms with Crippen LogP contribution in [0.25, 0.3) is 0 Å². The van der Waals surface area contributed by atoms with Crippen LogP contribution < -0.4 is 5.32 Å². The van der Waals surface area contributed by atoms with Gasteiger partial charge in [0.2, 0.25) is 0 Å². The molecule has 0 aromatic carbocycles. The maximum Gasteiger partial charge on any atom is 0.00967 e. The van der Waals surface area contributed by atoms with E-state index in [1.54, 1.807) is 0 Å². The summed E-state index contributed by atoms with van der Waals surface area (Å²) in [6.07, 6.45) is 13.1. The fourth-order valence-electron chi connectivity index (χ4n) is 5.14. The van der Waals surface area contributed by atoms with E-state index in [2.05, 4.69) is 24.1 Å². The summed E-state index contributed by atoms with van der Waals surface area (Å²) in [6, 6.07) is 1.76. The molecule has 1 N–H and O–H groups in total. The Morgan fingerprint density at radius 3 is 2.33 bits per heavy atom. The van der Waals surface area contributed by atoms with Gasteiger partial charge >= 0.3 is 0 Å². The molecule has 2 saturated heterocycles. The van der Waals surface area contributed by atoms with Crippen molar-refractivity contribution in [1.29, 1.82) is 0 Å². The van der Waals surface area contributed by atoms with E-state index in [-0.39, 0.29) is 0 Å². The first-order valence-corrected chi connectivity index (χ1v) is 9.71. The van der Waals surface area contributed by atoms with Crippen molar-refractivity contribution in [2.45, 2.75) is 83.7 Å². The molecule has 0 spiro atoms. The Bertz CT molecular complexity index is 301. The zero-order chi connectivity index (χ0) is 14.7. The van der Waals surface area contributed by atoms with Gasteiger partial charge in [0.15, 0.2) is 0 Å². The predicted octanol–water partition coefficient (Wildman–Crippen LogP) is 4.06. The van der Waals surface area contributed by atoms with Crippen LogP contribution in [0.5, 0.6) is 0 Å². The van der Waals surface area contributed by atoms with Crippen molar-refractivity contribution >= 4 is 0 Å². The Morgan fingerprint density at radius 2 is 1.67 bits per heavy atom. The van der Waals surface area contributed by atoms with Crippen LogP contribution in [0.4, 0.5) is 0 Å². The maximum atomic E-state index is 3.73. The van der Waals surface area contributed by atoms with Crippen molar-refractivity contribution in [2.24, 2.45) is 17.8 Å². The summed E-state index contributed by atoms with van der Waals surface area (Å²) in [7, 11) is 0. The quantitative estimate of drug-likeness (QED) is 0.789. The Kier molecular flexibility index (Phi) is 5.61. The molecule has 3 unspecified atom stereocenters. The number of nitrogens with zero attached hydrogens (tertiary/aromatic N) is 1. The first-order chi connectivity index (χ1) is 10.2. The molecule has 0 aromatic heterocycles. The first kappa shape index (κ1) is 15.8. The van der Waals surface area contributed by atoms with Crippen molar-refractivity contribution < 1.29 is 0 Å². The normalized spacial score (nSPS) is 37.0. The van der Waals surface area contributed by atoms with E-state index in [1.807, 2.05) is 0 Å². The van der Waals surface area contributed by atoms with Gasteiger partial charge in [-0.25, -0.2) is 0 Å². The minimum absolute atomic E-state index is 0.853. The third-order valence-corrected chi connectivity index (χ3v) is 6.68. The van der Waals surface area contributed by atoms with Crippen molar-refractivity contribution in [2.75, 3.05) is 19.6 Å². The fourth-order valence-corrected chi connectivity index (χ4v) is 5.14. The smallest absolute Gasteiger partial charge is 0.00967 e. The van der Waals surface area contributed by atoms with Gasteiger partial charge in [0.05, 0.1) is 0 Å². The Morgan fingerprint density at radius 1 is 0.857 bits per heavy atom. The first-order valence-electron chi connectivity index (χ1n) is 9.71. The van der Waals surface area contributed by atoms with Crippen LogP contribution in [0.2, 0.25) is 0 Å². The average molecular weight is 293 g/mol. The lowest BCUT2D eigenvalue weighted by Gasteiger charge is -2.39. The summed E-state index contributed by atoms with van der Waals surface area (Å²) in [4.78, 5) is 2.86. The molecule has 0 aromatic rings. The summed E-state index contributed by atoms with van der Waals surface area (Å²) in [5.41, 5.74) is 0. The highest BCUT2D eigenvalue weighted by atomic mass is 15.2. The topological polar surface area (TPSA) is 15.3 Å². The molecule has 0 bridgehead atoms. The van der Waals surface area contributed by atoms with Crippen LogP contribution in [0, 0.1) is 17.8 Å². The number of hydrogen-bond acceptors (Lipinski definition) is 2. The van der Waals surface area contributed by atoms with Crippen LogP contribution >= 0.6 is 0 Å². The number of piperidine rings is 1. The number of hydrogen-bond donors (Lipinski definition) is 1. The van der Waals surface area contributed by atoms with Gasteiger partial charge < -0.3 is 10.2 Å².